The van der Waals surface area contributed by atoms with Crippen LogP contribution in [-0.2, 0) is 35.3 Å². The number of amides is 7. The molecule has 2 aromatic heterocycles. The number of β-lactam (4-membered cyclic amide) rings is 1. The first kappa shape index (κ1) is 35.6. The number of thioether (sulfide) groups is 2. The maximum absolute atomic E-state index is 13.9. The minimum Gasteiger partial charge on any atom is -0.504 e. The number of nitrogens with zero attached hydrogens (tertiary/aromatic N) is 5. The fraction of sp³-hybridized carbons (Fsp3) is 0.276. The third-order valence-corrected chi connectivity index (χ3v) is 12.3. The zero-order valence-corrected chi connectivity index (χ0v) is 29.1. The molecule has 1 aromatic carbocycles. The number of benzene rings is 1. The Morgan fingerprint density at radius 1 is 1.10 bits per heavy atom. The quantitative estimate of drug-likeness (QED) is 0.0360. The summed E-state index contributed by atoms with van der Waals surface area (Å²) < 4.78 is 0.600. The van der Waals surface area contributed by atoms with Gasteiger partial charge in [0.25, 0.3) is 5.91 Å². The van der Waals surface area contributed by atoms with Crippen LogP contribution < -0.4 is 16.0 Å². The number of hydrogen-bond donors (Lipinski definition) is 6. The molecule has 266 valence electrons. The summed E-state index contributed by atoms with van der Waals surface area (Å²) in [6, 6.07) is 4.45. The number of fused-ring (bicyclic) bond motifs is 1. The number of nitrogens with one attached hydrogen (secondary N) is 3. The summed E-state index contributed by atoms with van der Waals surface area (Å²) in [5, 5.41) is 44.9. The Morgan fingerprint density at radius 3 is 2.57 bits per heavy atom. The van der Waals surface area contributed by atoms with E-state index >= 15 is 0 Å². The van der Waals surface area contributed by atoms with Crippen molar-refractivity contribution in [2.75, 3.05) is 24.6 Å². The lowest BCUT2D eigenvalue weighted by Crippen LogP contribution is -2.85. The number of carboxylic acid groups (broad SMARTS) is 1. The largest absolute Gasteiger partial charge is 0.504 e. The molecule has 18 nitrogen and oxygen atoms in total. The number of imide groups is 1. The first-order valence-electron chi connectivity index (χ1n) is 14.7. The second-order valence-electron chi connectivity index (χ2n) is 11.1. The van der Waals surface area contributed by atoms with Gasteiger partial charge in [0.2, 0.25) is 18.0 Å². The van der Waals surface area contributed by atoms with Crippen molar-refractivity contribution < 1.29 is 48.9 Å². The lowest BCUT2D eigenvalue weighted by molar-refractivity contribution is -0.163. The molecule has 3 aromatic rings. The van der Waals surface area contributed by atoms with E-state index in [1.807, 2.05) is 0 Å². The lowest BCUT2D eigenvalue weighted by Gasteiger charge is -2.56. The van der Waals surface area contributed by atoms with Crippen LogP contribution in [0.2, 0.25) is 0 Å². The van der Waals surface area contributed by atoms with E-state index in [9.17, 15) is 48.9 Å². The molecule has 6 N–H and O–H groups in total. The first-order chi connectivity index (χ1) is 24.4. The molecule has 5 heterocycles. The second kappa shape index (κ2) is 14.6. The van der Waals surface area contributed by atoms with Gasteiger partial charge in [-0.05, 0) is 34.7 Å². The van der Waals surface area contributed by atoms with Gasteiger partial charge in [0, 0.05) is 36.0 Å². The van der Waals surface area contributed by atoms with E-state index in [2.05, 4.69) is 26.1 Å². The number of piperazine rings is 1. The van der Waals surface area contributed by atoms with Crippen molar-refractivity contribution in [2.45, 2.75) is 28.0 Å². The van der Waals surface area contributed by atoms with Crippen LogP contribution >= 0.6 is 46.2 Å². The van der Waals surface area contributed by atoms with Gasteiger partial charge in [-0.2, -0.15) is 0 Å². The molecule has 0 bridgehead atoms. The molecule has 2 saturated heterocycles. The van der Waals surface area contributed by atoms with Gasteiger partial charge in [-0.3, -0.25) is 33.8 Å². The van der Waals surface area contributed by atoms with Crippen LogP contribution in [0.15, 0.2) is 56.8 Å². The predicted molar refractivity (Wildman–Crippen MR) is 181 cm³/mol. The molecule has 0 saturated carbocycles. The van der Waals surface area contributed by atoms with Gasteiger partial charge < -0.3 is 36.2 Å². The molecule has 3 aliphatic rings. The van der Waals surface area contributed by atoms with Gasteiger partial charge in [0.1, 0.15) is 22.6 Å². The minimum absolute atomic E-state index is 0.0776. The average Bonchev–Trinajstić information content (AvgIpc) is 3.84. The summed E-state index contributed by atoms with van der Waals surface area (Å²) in [6.07, 6.45) is 0.198. The highest BCUT2D eigenvalue weighted by Gasteiger charge is 2.66. The molecule has 51 heavy (non-hydrogen) atoms. The molecule has 6 rings (SSSR count). The van der Waals surface area contributed by atoms with E-state index in [4.69, 9.17) is 0 Å². The fourth-order valence-electron chi connectivity index (χ4n) is 5.58. The summed E-state index contributed by atoms with van der Waals surface area (Å²) in [4.78, 5) is 94.3. The SMILES string of the molecule is O=CN[C@@]1(NC(=O)C(NC(=O)N2CCN(Cc3ccc(O)c(O)c3)C(=O)C2=O)c2cccs2)C(=O)N2C(C(=O)O)=C(CSc3nncs3)CS[C@H]21. The number of aromatic hydroxyl groups is 2. The molecule has 2 fully saturated rings. The van der Waals surface area contributed by atoms with Gasteiger partial charge in [-0.1, -0.05) is 35.2 Å². The summed E-state index contributed by atoms with van der Waals surface area (Å²) in [5.74, 6) is -5.89. The smallest absolute Gasteiger partial charge is 0.352 e. The topological polar surface area (TPSA) is 252 Å². The fourth-order valence-corrected chi connectivity index (χ4v) is 9.41. The van der Waals surface area contributed by atoms with Crippen LogP contribution in [0.3, 0.4) is 0 Å². The standard InChI is InChI=1S/C29H26N8O10S4/c38-12-30-29(25(46)37-20(24(44)45)15(10-49-26(29)37)11-50-28-34-31-13-51-28)33-21(41)19(18-2-1-7-48-18)32-27(47)36-6-5-35(22(42)23(36)43)9-14-3-4-16(39)17(40)8-14/h1-4,7-8,12-13,19,26,39-40H,5-6,9-11H2,(H,30,38)(H,32,47)(H,33,41)(H,44,45)/t19?,26-,29+/m0/s1. The highest BCUT2D eigenvalue weighted by Crippen LogP contribution is 2.46. The lowest BCUT2D eigenvalue weighted by atomic mass is 9.94. The number of aromatic nitrogens is 2. The first-order valence-corrected chi connectivity index (χ1v) is 18.5. The van der Waals surface area contributed by atoms with Crippen LogP contribution in [0.4, 0.5) is 4.79 Å². The van der Waals surface area contributed by atoms with E-state index < -0.39 is 58.5 Å². The maximum Gasteiger partial charge on any atom is 0.352 e. The predicted octanol–water partition coefficient (Wildman–Crippen LogP) is 0.237. The van der Waals surface area contributed by atoms with Crippen molar-refractivity contribution in [3.05, 3.63) is 62.9 Å². The van der Waals surface area contributed by atoms with Crippen LogP contribution in [0.5, 0.6) is 11.5 Å². The van der Waals surface area contributed by atoms with E-state index in [-0.39, 0.29) is 53.9 Å². The third-order valence-electron chi connectivity index (χ3n) is 8.00. The number of thiophene rings is 1. The van der Waals surface area contributed by atoms with Crippen LogP contribution in [0.1, 0.15) is 16.5 Å². The van der Waals surface area contributed by atoms with Crippen molar-refractivity contribution in [1.82, 2.24) is 40.8 Å². The van der Waals surface area contributed by atoms with E-state index in [1.54, 1.807) is 11.4 Å². The number of phenols is 2. The molecular weight excluding hydrogens is 749 g/mol. The molecule has 7 amide bonds. The van der Waals surface area contributed by atoms with E-state index in [0.29, 0.717) is 20.4 Å². The molecule has 1 unspecified atom stereocenters. The summed E-state index contributed by atoms with van der Waals surface area (Å²) >= 11 is 4.70. The number of carbonyl (C=O) groups is 7. The average molecular weight is 775 g/mol. The van der Waals surface area contributed by atoms with Crippen molar-refractivity contribution in [2.24, 2.45) is 0 Å². The minimum atomic E-state index is -2.08. The number of aliphatic carboxylic acids is 1. The number of urea groups is 1. The van der Waals surface area contributed by atoms with Crippen molar-refractivity contribution in [3.8, 4) is 11.5 Å². The van der Waals surface area contributed by atoms with Crippen LogP contribution in [0.25, 0.3) is 0 Å². The van der Waals surface area contributed by atoms with Gasteiger partial charge >= 0.3 is 23.8 Å². The zero-order chi connectivity index (χ0) is 36.4. The van der Waals surface area contributed by atoms with Crippen LogP contribution in [-0.4, -0.2) is 118 Å². The number of phenolic OH excluding ortho intramolecular Hbond substituents is 2. The normalized spacial score (nSPS) is 20.7. The Balaban J connectivity index is 1.17. The Hall–Kier alpha value is -5.19. The Kier molecular flexibility index (Phi) is 10.2. The molecular formula is C29H26N8O10S4. The number of carbonyl (C=O) groups excluding carboxylic acids is 6. The molecule has 0 spiro atoms. The Labute approximate surface area is 303 Å². The third kappa shape index (κ3) is 6.81. The van der Waals surface area contributed by atoms with Crippen molar-refractivity contribution in [1.29, 1.82) is 0 Å². The van der Waals surface area contributed by atoms with Crippen LogP contribution in [0, 0.1) is 0 Å². The molecule has 0 radical (unpaired) electrons. The van der Waals surface area contributed by atoms with Gasteiger partial charge in [0.15, 0.2) is 15.8 Å². The van der Waals surface area contributed by atoms with Gasteiger partial charge in [-0.25, -0.2) is 9.59 Å². The van der Waals surface area contributed by atoms with Gasteiger partial charge in [-0.15, -0.1) is 33.3 Å². The Bertz CT molecular complexity index is 1940. The van der Waals surface area contributed by atoms with Crippen molar-refractivity contribution >= 4 is 88.2 Å². The summed E-state index contributed by atoms with van der Waals surface area (Å²) in [7, 11) is 0. The van der Waals surface area contributed by atoms with E-state index in [1.165, 1.54) is 52.9 Å². The Morgan fingerprint density at radius 2 is 1.90 bits per heavy atom. The molecule has 3 aliphatic heterocycles. The number of carboxylic acids is 1. The summed E-state index contributed by atoms with van der Waals surface area (Å²) in [6.45, 7) is -0.412. The monoisotopic (exact) mass is 774 g/mol. The highest BCUT2D eigenvalue weighted by atomic mass is 32.2. The number of hydrogen-bond acceptors (Lipinski definition) is 15. The van der Waals surface area contributed by atoms with Gasteiger partial charge in [0.05, 0.1) is 0 Å². The molecule has 3 atom stereocenters. The van der Waals surface area contributed by atoms with Crippen molar-refractivity contribution in [3.63, 3.8) is 0 Å². The van der Waals surface area contributed by atoms with E-state index in [0.717, 1.165) is 32.9 Å². The molecule has 0 aliphatic carbocycles. The maximum atomic E-state index is 13.9. The molecule has 22 heteroatoms. The summed E-state index contributed by atoms with van der Waals surface area (Å²) in [5.41, 5.74) is 0.00654. The zero-order valence-electron chi connectivity index (χ0n) is 25.9. The highest BCUT2D eigenvalue weighted by molar-refractivity contribution is 8.01. The second-order valence-corrected chi connectivity index (χ2v) is 15.2. The number of rotatable bonds is 12.